The maximum Gasteiger partial charge on any atom is 0.0495 e. The molecule has 0 N–H and O–H groups in total. The standard InChI is InChI=1S/C6H6N2/c1-2-4-6-8-7-5-3-1/h1-6H/b2-1-,3-1?,4-2?,5-3+,6-4+,7-5?,8-6?,8-7-. The van der Waals surface area contributed by atoms with Crippen molar-refractivity contribution in [1.82, 2.24) is 0 Å². The minimum Gasteiger partial charge on any atom is -0.159 e. The highest BCUT2D eigenvalue weighted by Crippen LogP contribution is 1.87. The topological polar surface area (TPSA) is 24.7 Å². The quantitative estimate of drug-likeness (QED) is 0.451. The molecule has 1 aliphatic rings. The van der Waals surface area contributed by atoms with Gasteiger partial charge < -0.3 is 0 Å². The van der Waals surface area contributed by atoms with Crippen LogP contribution in [0.25, 0.3) is 0 Å². The highest BCUT2D eigenvalue weighted by molar-refractivity contribution is 5.11. The van der Waals surface area contributed by atoms with Gasteiger partial charge in [-0.3, -0.25) is 0 Å². The Morgan fingerprint density at radius 1 is 0.625 bits per heavy atom. The molecule has 0 spiro atoms. The van der Waals surface area contributed by atoms with E-state index in [1.807, 2.05) is 24.3 Å². The van der Waals surface area contributed by atoms with Crippen LogP contribution in [-0.4, -0.2) is 0 Å². The molecule has 0 radical (unpaired) electrons. The third-order valence-electron chi connectivity index (χ3n) is 0.705. The van der Waals surface area contributed by atoms with Crippen LogP contribution in [0, 0.1) is 0 Å². The van der Waals surface area contributed by atoms with Crippen molar-refractivity contribution in [3.8, 4) is 0 Å². The fourth-order valence-electron chi connectivity index (χ4n) is 0.382. The van der Waals surface area contributed by atoms with Gasteiger partial charge in [-0.2, -0.15) is 10.2 Å². The van der Waals surface area contributed by atoms with Gasteiger partial charge in [0.1, 0.15) is 0 Å². The predicted molar refractivity (Wildman–Crippen MR) is 32.3 cm³/mol. The van der Waals surface area contributed by atoms with Gasteiger partial charge in [-0.05, 0) is 12.2 Å². The van der Waals surface area contributed by atoms with E-state index in [0.29, 0.717) is 0 Å². The molecular weight excluding hydrogens is 100 g/mol. The SMILES string of the molecule is C1=C\C=C\N=N/C=C/1. The van der Waals surface area contributed by atoms with E-state index in [-0.39, 0.29) is 0 Å². The number of rotatable bonds is 0. The van der Waals surface area contributed by atoms with Crippen LogP contribution in [0.2, 0.25) is 0 Å². The molecule has 1 aliphatic heterocycles. The van der Waals surface area contributed by atoms with E-state index < -0.39 is 0 Å². The first-order valence-corrected chi connectivity index (χ1v) is 2.38. The summed E-state index contributed by atoms with van der Waals surface area (Å²) >= 11 is 0. The second kappa shape index (κ2) is 2.91. The van der Waals surface area contributed by atoms with Crippen molar-refractivity contribution in [3.63, 3.8) is 0 Å². The Labute approximate surface area is 47.9 Å². The lowest BCUT2D eigenvalue weighted by molar-refractivity contribution is 1.22. The average Bonchev–Trinajstić information content (AvgIpc) is 1.62. The van der Waals surface area contributed by atoms with Gasteiger partial charge >= 0.3 is 0 Å². The number of hydrogen-bond donors (Lipinski definition) is 0. The Kier molecular flexibility index (Phi) is 1.80. The lowest BCUT2D eigenvalue weighted by Gasteiger charge is -1.76. The van der Waals surface area contributed by atoms with Crippen LogP contribution < -0.4 is 0 Å². The van der Waals surface area contributed by atoms with Gasteiger partial charge in [-0.15, -0.1) is 0 Å². The average molecular weight is 106 g/mol. The molecule has 0 bridgehead atoms. The van der Waals surface area contributed by atoms with Crippen LogP contribution in [0.3, 0.4) is 0 Å². The first-order chi connectivity index (χ1) is 4.00. The summed E-state index contributed by atoms with van der Waals surface area (Å²) in [7, 11) is 0. The number of hydrogen-bond acceptors (Lipinski definition) is 2. The molecule has 2 nitrogen and oxygen atoms in total. The zero-order valence-corrected chi connectivity index (χ0v) is 4.36. The maximum atomic E-state index is 3.64. The molecule has 0 fully saturated rings. The summed E-state index contributed by atoms with van der Waals surface area (Å²) in [5.41, 5.74) is 0. The molecule has 1 heterocycles. The van der Waals surface area contributed by atoms with Gasteiger partial charge in [0.25, 0.3) is 0 Å². The molecule has 0 aromatic rings. The largest absolute Gasteiger partial charge is 0.159 e. The Hall–Kier alpha value is -1.18. The van der Waals surface area contributed by atoms with Crippen molar-refractivity contribution >= 4 is 0 Å². The van der Waals surface area contributed by atoms with E-state index in [4.69, 9.17) is 0 Å². The lowest BCUT2D eigenvalue weighted by Crippen LogP contribution is -1.54. The van der Waals surface area contributed by atoms with Crippen LogP contribution in [0.1, 0.15) is 0 Å². The normalized spacial score (nSPS) is 32.0. The van der Waals surface area contributed by atoms with Crippen LogP contribution >= 0.6 is 0 Å². The highest BCUT2D eigenvalue weighted by Gasteiger charge is 1.66. The summed E-state index contributed by atoms with van der Waals surface area (Å²) in [5.74, 6) is 0. The molecule has 0 unspecified atom stereocenters. The zero-order valence-electron chi connectivity index (χ0n) is 4.36. The molecule has 0 saturated heterocycles. The van der Waals surface area contributed by atoms with Crippen molar-refractivity contribution in [1.29, 1.82) is 0 Å². The van der Waals surface area contributed by atoms with Crippen LogP contribution in [0.4, 0.5) is 0 Å². The van der Waals surface area contributed by atoms with Gasteiger partial charge in [-0.25, -0.2) is 0 Å². The van der Waals surface area contributed by atoms with E-state index >= 15 is 0 Å². The van der Waals surface area contributed by atoms with Crippen LogP contribution in [0.5, 0.6) is 0 Å². The highest BCUT2D eigenvalue weighted by atomic mass is 15.1. The maximum absolute atomic E-state index is 3.64. The fourth-order valence-corrected chi connectivity index (χ4v) is 0.382. The predicted octanol–water partition coefficient (Wildman–Crippen LogP) is 2.04. The summed E-state index contributed by atoms with van der Waals surface area (Å²) in [6.07, 6.45) is 10.7. The molecule has 0 atom stereocenters. The van der Waals surface area contributed by atoms with Crippen molar-refractivity contribution < 1.29 is 0 Å². The lowest BCUT2D eigenvalue weighted by atomic mass is 10.4. The minimum absolute atomic E-state index is 1.64. The first-order valence-electron chi connectivity index (χ1n) is 2.38. The molecule has 1 rings (SSSR count). The molecule has 8 heavy (non-hydrogen) atoms. The molecule has 0 amide bonds. The Morgan fingerprint density at radius 2 is 1.12 bits per heavy atom. The third kappa shape index (κ3) is 1.51. The number of azo groups is 1. The smallest absolute Gasteiger partial charge is 0.0495 e. The second-order valence-corrected chi connectivity index (χ2v) is 1.30. The van der Waals surface area contributed by atoms with E-state index in [9.17, 15) is 0 Å². The fraction of sp³-hybridized carbons (Fsp3) is 0. The monoisotopic (exact) mass is 106 g/mol. The molecule has 0 aromatic heterocycles. The Bertz CT molecular complexity index is 107. The van der Waals surface area contributed by atoms with Gasteiger partial charge in [-0.1, -0.05) is 12.2 Å². The molecular formula is C6H6N2. The van der Waals surface area contributed by atoms with Crippen LogP contribution in [0.15, 0.2) is 46.9 Å². The molecule has 2 heteroatoms. The van der Waals surface area contributed by atoms with Gasteiger partial charge in [0.05, 0.1) is 0 Å². The first kappa shape index (κ1) is 4.97. The number of allylic oxidation sites excluding steroid dienone is 4. The minimum atomic E-state index is 1.64. The van der Waals surface area contributed by atoms with Crippen molar-refractivity contribution in [2.24, 2.45) is 10.2 Å². The summed E-state index contributed by atoms with van der Waals surface area (Å²) in [4.78, 5) is 0. The second-order valence-electron chi connectivity index (χ2n) is 1.30. The van der Waals surface area contributed by atoms with E-state index in [0.717, 1.165) is 0 Å². The molecule has 0 aliphatic carbocycles. The van der Waals surface area contributed by atoms with Crippen molar-refractivity contribution in [2.75, 3.05) is 0 Å². The van der Waals surface area contributed by atoms with Crippen LogP contribution in [-0.2, 0) is 0 Å². The van der Waals surface area contributed by atoms with Gasteiger partial charge in [0, 0.05) is 12.4 Å². The number of nitrogens with zero attached hydrogens (tertiary/aromatic N) is 2. The zero-order chi connectivity index (χ0) is 5.66. The Morgan fingerprint density at radius 3 is 1.62 bits per heavy atom. The van der Waals surface area contributed by atoms with Gasteiger partial charge in [0.2, 0.25) is 0 Å². The molecule has 0 saturated carbocycles. The molecule has 40 valence electrons. The van der Waals surface area contributed by atoms with Gasteiger partial charge in [0.15, 0.2) is 0 Å². The Balaban J connectivity index is 2.67. The summed E-state index contributed by atoms with van der Waals surface area (Å²) in [5, 5.41) is 7.27. The van der Waals surface area contributed by atoms with E-state index in [2.05, 4.69) is 10.2 Å². The summed E-state index contributed by atoms with van der Waals surface area (Å²) in [6.45, 7) is 0. The summed E-state index contributed by atoms with van der Waals surface area (Å²) in [6, 6.07) is 0. The molecule has 0 aromatic carbocycles. The van der Waals surface area contributed by atoms with E-state index in [1.165, 1.54) is 0 Å². The third-order valence-corrected chi connectivity index (χ3v) is 0.705. The van der Waals surface area contributed by atoms with Crippen molar-refractivity contribution in [3.05, 3.63) is 36.7 Å². The van der Waals surface area contributed by atoms with Crippen molar-refractivity contribution in [2.45, 2.75) is 0 Å². The van der Waals surface area contributed by atoms with E-state index in [1.54, 1.807) is 12.4 Å². The summed E-state index contributed by atoms with van der Waals surface area (Å²) < 4.78 is 0.